The first kappa shape index (κ1) is 14.5. The summed E-state index contributed by atoms with van der Waals surface area (Å²) in [5.41, 5.74) is 2.69. The highest BCUT2D eigenvalue weighted by atomic mass is 16.5. The molecule has 1 N–H and O–H groups in total. The maximum atomic E-state index is 11.9. The van der Waals surface area contributed by atoms with Crippen LogP contribution in [0, 0.1) is 0 Å². The fourth-order valence-corrected chi connectivity index (χ4v) is 3.20. The molecule has 21 heavy (non-hydrogen) atoms. The molecule has 0 aliphatic carbocycles. The molecular formula is C17H24N2O2. The molecule has 1 aromatic carbocycles. The second-order valence-corrected chi connectivity index (χ2v) is 5.85. The summed E-state index contributed by atoms with van der Waals surface area (Å²) >= 11 is 0. The summed E-state index contributed by atoms with van der Waals surface area (Å²) < 4.78 is 5.85. The number of rotatable bonds is 5. The molecular weight excluding hydrogens is 264 g/mol. The second kappa shape index (κ2) is 7.05. The zero-order valence-corrected chi connectivity index (χ0v) is 12.5. The van der Waals surface area contributed by atoms with Crippen molar-refractivity contribution < 1.29 is 9.53 Å². The minimum atomic E-state index is 0.122. The van der Waals surface area contributed by atoms with Gasteiger partial charge in [-0.1, -0.05) is 24.3 Å². The van der Waals surface area contributed by atoms with E-state index in [0.29, 0.717) is 6.42 Å². The summed E-state index contributed by atoms with van der Waals surface area (Å²) in [5.74, 6) is 0.282. The van der Waals surface area contributed by atoms with Crippen LogP contribution in [0.1, 0.15) is 36.5 Å². The summed E-state index contributed by atoms with van der Waals surface area (Å²) in [6, 6.07) is 8.48. The number of amides is 1. The lowest BCUT2D eigenvalue weighted by Crippen LogP contribution is -2.33. The molecule has 1 fully saturated rings. The van der Waals surface area contributed by atoms with Gasteiger partial charge in [-0.15, -0.1) is 0 Å². The van der Waals surface area contributed by atoms with Gasteiger partial charge in [0.1, 0.15) is 0 Å². The molecule has 0 radical (unpaired) electrons. The summed E-state index contributed by atoms with van der Waals surface area (Å²) in [6.07, 6.45) is 4.03. The lowest BCUT2D eigenvalue weighted by Gasteiger charge is -2.26. The van der Waals surface area contributed by atoms with Crippen molar-refractivity contribution in [2.45, 2.75) is 31.8 Å². The average molecular weight is 288 g/mol. The summed E-state index contributed by atoms with van der Waals surface area (Å²) in [5, 5.41) is 3.38. The Hall–Kier alpha value is -1.39. The Bertz CT molecular complexity index is 483. The standard InChI is InChI=1S/C17H24N2O2/c20-17(19-10-3-4-11-19)7-9-18-13-16-15-6-2-1-5-14(15)8-12-21-16/h1-2,5-6,16,18H,3-4,7-13H2. The van der Waals surface area contributed by atoms with Crippen molar-refractivity contribution in [1.82, 2.24) is 10.2 Å². The molecule has 2 heterocycles. The molecule has 0 saturated carbocycles. The third kappa shape index (κ3) is 3.63. The molecule has 4 nitrogen and oxygen atoms in total. The minimum absolute atomic E-state index is 0.122. The van der Waals surface area contributed by atoms with E-state index in [1.807, 2.05) is 4.90 Å². The van der Waals surface area contributed by atoms with E-state index >= 15 is 0 Å². The van der Waals surface area contributed by atoms with E-state index < -0.39 is 0 Å². The number of benzene rings is 1. The Kier molecular flexibility index (Phi) is 4.88. The molecule has 1 saturated heterocycles. The van der Waals surface area contributed by atoms with Gasteiger partial charge in [-0.05, 0) is 30.4 Å². The first-order valence-electron chi connectivity index (χ1n) is 8.02. The Balaban J connectivity index is 1.43. The normalized spacial score (nSPS) is 21.3. The molecule has 1 atom stereocenters. The van der Waals surface area contributed by atoms with Crippen LogP contribution >= 0.6 is 0 Å². The van der Waals surface area contributed by atoms with Crippen molar-refractivity contribution in [3.8, 4) is 0 Å². The SMILES string of the molecule is O=C(CCNCC1OCCc2ccccc21)N1CCCC1. The first-order valence-corrected chi connectivity index (χ1v) is 8.02. The van der Waals surface area contributed by atoms with Gasteiger partial charge in [0.2, 0.25) is 5.91 Å². The van der Waals surface area contributed by atoms with Crippen LogP contribution in [0.5, 0.6) is 0 Å². The zero-order chi connectivity index (χ0) is 14.5. The van der Waals surface area contributed by atoms with Crippen molar-refractivity contribution in [2.24, 2.45) is 0 Å². The lowest BCUT2D eigenvalue weighted by molar-refractivity contribution is -0.130. The predicted octanol–water partition coefficient (Wildman–Crippen LogP) is 1.90. The quantitative estimate of drug-likeness (QED) is 0.842. The topological polar surface area (TPSA) is 41.6 Å². The maximum Gasteiger partial charge on any atom is 0.223 e. The van der Waals surface area contributed by atoms with Crippen LogP contribution in [-0.4, -0.2) is 43.6 Å². The van der Waals surface area contributed by atoms with Crippen molar-refractivity contribution in [1.29, 1.82) is 0 Å². The highest BCUT2D eigenvalue weighted by Gasteiger charge is 2.20. The van der Waals surface area contributed by atoms with Crippen LogP contribution in [-0.2, 0) is 16.0 Å². The van der Waals surface area contributed by atoms with Crippen LogP contribution in [0.25, 0.3) is 0 Å². The fraction of sp³-hybridized carbons (Fsp3) is 0.588. The molecule has 0 spiro atoms. The van der Waals surface area contributed by atoms with Gasteiger partial charge < -0.3 is 15.0 Å². The smallest absolute Gasteiger partial charge is 0.223 e. The number of hydrogen-bond acceptors (Lipinski definition) is 3. The number of nitrogens with one attached hydrogen (secondary N) is 1. The zero-order valence-electron chi connectivity index (χ0n) is 12.5. The van der Waals surface area contributed by atoms with E-state index in [4.69, 9.17) is 4.74 Å². The third-order valence-electron chi connectivity index (χ3n) is 4.40. The average Bonchev–Trinajstić information content (AvgIpc) is 3.06. The molecule has 3 rings (SSSR count). The van der Waals surface area contributed by atoms with Crippen LogP contribution < -0.4 is 5.32 Å². The summed E-state index contributed by atoms with van der Waals surface area (Å²) in [6.45, 7) is 4.19. The molecule has 1 unspecified atom stereocenters. The Morgan fingerprint density at radius 2 is 2.10 bits per heavy atom. The molecule has 114 valence electrons. The van der Waals surface area contributed by atoms with Crippen molar-refractivity contribution in [2.75, 3.05) is 32.8 Å². The van der Waals surface area contributed by atoms with Gasteiger partial charge in [0.25, 0.3) is 0 Å². The molecule has 0 aromatic heterocycles. The first-order chi connectivity index (χ1) is 10.3. The highest BCUT2D eigenvalue weighted by Crippen LogP contribution is 2.26. The number of likely N-dealkylation sites (tertiary alicyclic amines) is 1. The Morgan fingerprint density at radius 3 is 2.95 bits per heavy atom. The molecule has 2 aliphatic heterocycles. The third-order valence-corrected chi connectivity index (χ3v) is 4.40. The summed E-state index contributed by atoms with van der Waals surface area (Å²) in [7, 11) is 0. The van der Waals surface area contributed by atoms with Gasteiger partial charge in [0.05, 0.1) is 12.7 Å². The van der Waals surface area contributed by atoms with Crippen LogP contribution in [0.4, 0.5) is 0 Å². The number of fused-ring (bicyclic) bond motifs is 1. The Morgan fingerprint density at radius 1 is 1.29 bits per heavy atom. The largest absolute Gasteiger partial charge is 0.372 e. The molecule has 2 aliphatic rings. The van der Waals surface area contributed by atoms with Crippen molar-refractivity contribution >= 4 is 5.91 Å². The second-order valence-electron chi connectivity index (χ2n) is 5.85. The van der Waals surface area contributed by atoms with E-state index in [2.05, 4.69) is 29.6 Å². The molecule has 1 amide bonds. The van der Waals surface area contributed by atoms with Crippen LogP contribution in [0.2, 0.25) is 0 Å². The van der Waals surface area contributed by atoms with E-state index in [1.165, 1.54) is 11.1 Å². The fourth-order valence-electron chi connectivity index (χ4n) is 3.20. The van der Waals surface area contributed by atoms with Crippen LogP contribution in [0.15, 0.2) is 24.3 Å². The molecule has 4 heteroatoms. The number of ether oxygens (including phenoxy) is 1. The highest BCUT2D eigenvalue weighted by molar-refractivity contribution is 5.76. The molecule has 1 aromatic rings. The Labute approximate surface area is 126 Å². The monoisotopic (exact) mass is 288 g/mol. The predicted molar refractivity (Wildman–Crippen MR) is 82.1 cm³/mol. The lowest BCUT2D eigenvalue weighted by atomic mass is 9.97. The van der Waals surface area contributed by atoms with Gasteiger partial charge in [0, 0.05) is 32.6 Å². The van der Waals surface area contributed by atoms with Gasteiger partial charge >= 0.3 is 0 Å². The van der Waals surface area contributed by atoms with E-state index in [0.717, 1.165) is 52.0 Å². The van der Waals surface area contributed by atoms with Crippen molar-refractivity contribution in [3.05, 3.63) is 35.4 Å². The van der Waals surface area contributed by atoms with Crippen molar-refractivity contribution in [3.63, 3.8) is 0 Å². The van der Waals surface area contributed by atoms with E-state index in [9.17, 15) is 4.79 Å². The number of carbonyl (C=O) groups is 1. The number of hydrogen-bond donors (Lipinski definition) is 1. The molecule has 0 bridgehead atoms. The van der Waals surface area contributed by atoms with Gasteiger partial charge in [-0.2, -0.15) is 0 Å². The maximum absolute atomic E-state index is 11.9. The number of carbonyl (C=O) groups excluding carboxylic acids is 1. The minimum Gasteiger partial charge on any atom is -0.372 e. The van der Waals surface area contributed by atoms with Gasteiger partial charge in [0.15, 0.2) is 0 Å². The van der Waals surface area contributed by atoms with E-state index in [-0.39, 0.29) is 12.0 Å². The van der Waals surface area contributed by atoms with E-state index in [1.54, 1.807) is 0 Å². The van der Waals surface area contributed by atoms with Crippen LogP contribution in [0.3, 0.4) is 0 Å². The van der Waals surface area contributed by atoms with Gasteiger partial charge in [-0.3, -0.25) is 4.79 Å². The van der Waals surface area contributed by atoms with Gasteiger partial charge in [-0.25, -0.2) is 0 Å². The number of nitrogens with zero attached hydrogens (tertiary/aromatic N) is 1. The summed E-state index contributed by atoms with van der Waals surface area (Å²) in [4.78, 5) is 13.9.